The normalized spacial score (nSPS) is 15.9. The molecule has 1 N–H and O–H groups in total. The molecule has 206 valence electrons. The molecule has 1 aromatic carbocycles. The first kappa shape index (κ1) is 30.5. The lowest BCUT2D eigenvalue weighted by Gasteiger charge is -2.31. The number of fused-ring (bicyclic) bond motifs is 1. The van der Waals surface area contributed by atoms with E-state index in [1.54, 1.807) is 6.92 Å². The van der Waals surface area contributed by atoms with Crippen molar-refractivity contribution >= 4 is 5.97 Å². The molecule has 0 fully saturated rings. The lowest BCUT2D eigenvalue weighted by atomic mass is 9.90. The lowest BCUT2D eigenvalue weighted by Crippen LogP contribution is -2.26. The van der Waals surface area contributed by atoms with Crippen LogP contribution in [0.3, 0.4) is 0 Å². The zero-order valence-electron chi connectivity index (χ0n) is 24.1. The van der Waals surface area contributed by atoms with Gasteiger partial charge in [0.25, 0.3) is 0 Å². The molecular formula is C32H54O4. The van der Waals surface area contributed by atoms with Gasteiger partial charge in [-0.25, -0.2) is 4.79 Å². The van der Waals surface area contributed by atoms with Gasteiger partial charge in [-0.3, -0.25) is 0 Å². The number of carboxylic acids is 1. The van der Waals surface area contributed by atoms with E-state index < -0.39 is 12.1 Å². The molecule has 0 radical (unpaired) electrons. The van der Waals surface area contributed by atoms with Crippen molar-refractivity contribution in [3.05, 3.63) is 22.3 Å². The smallest absolute Gasteiger partial charge is 0.344 e. The van der Waals surface area contributed by atoms with Crippen molar-refractivity contribution in [2.75, 3.05) is 0 Å². The second kappa shape index (κ2) is 16.9. The van der Waals surface area contributed by atoms with E-state index in [0.29, 0.717) is 11.9 Å². The Morgan fingerprint density at radius 1 is 0.833 bits per heavy atom. The first-order valence-electron chi connectivity index (χ1n) is 15.1. The Bertz CT molecular complexity index is 785. The molecule has 0 aromatic heterocycles. The quantitative estimate of drug-likeness (QED) is 0.191. The van der Waals surface area contributed by atoms with Gasteiger partial charge >= 0.3 is 5.97 Å². The van der Waals surface area contributed by atoms with Gasteiger partial charge in [0.1, 0.15) is 11.5 Å². The third-order valence-corrected chi connectivity index (χ3v) is 8.08. The fraction of sp³-hybridized carbons (Fsp3) is 0.781. The molecule has 36 heavy (non-hydrogen) atoms. The molecule has 1 aliphatic heterocycles. The maximum Gasteiger partial charge on any atom is 0.344 e. The minimum atomic E-state index is -0.941. The predicted octanol–water partition coefficient (Wildman–Crippen LogP) is 9.42. The van der Waals surface area contributed by atoms with E-state index >= 15 is 0 Å². The molecule has 0 bridgehead atoms. The van der Waals surface area contributed by atoms with Crippen molar-refractivity contribution < 1.29 is 19.4 Å². The van der Waals surface area contributed by atoms with Crippen LogP contribution in [0.1, 0.15) is 145 Å². The second-order valence-corrected chi connectivity index (χ2v) is 11.1. The van der Waals surface area contributed by atoms with Crippen LogP contribution in [-0.2, 0) is 11.2 Å². The highest BCUT2D eigenvalue weighted by Gasteiger charge is 2.27. The minimum absolute atomic E-state index is 0.293. The maximum atomic E-state index is 11.3. The molecule has 2 rings (SSSR count). The molecule has 1 aliphatic rings. The van der Waals surface area contributed by atoms with Crippen LogP contribution in [0.25, 0.3) is 0 Å². The second-order valence-electron chi connectivity index (χ2n) is 11.1. The molecule has 1 heterocycles. The summed E-state index contributed by atoms with van der Waals surface area (Å²) >= 11 is 0. The van der Waals surface area contributed by atoms with Gasteiger partial charge in [-0.1, -0.05) is 96.8 Å². The van der Waals surface area contributed by atoms with E-state index in [-0.39, 0.29) is 0 Å². The fourth-order valence-electron chi connectivity index (χ4n) is 5.50. The van der Waals surface area contributed by atoms with Gasteiger partial charge in [0.2, 0.25) is 0 Å². The number of hydrogen-bond donors (Lipinski definition) is 1. The summed E-state index contributed by atoms with van der Waals surface area (Å²) in [7, 11) is 0. The topological polar surface area (TPSA) is 55.8 Å². The van der Waals surface area contributed by atoms with E-state index in [9.17, 15) is 9.90 Å². The minimum Gasteiger partial charge on any atom is -0.490 e. The van der Waals surface area contributed by atoms with E-state index in [0.717, 1.165) is 41.7 Å². The van der Waals surface area contributed by atoms with Gasteiger partial charge in [-0.15, -0.1) is 0 Å². The van der Waals surface area contributed by atoms with Crippen LogP contribution in [0.15, 0.2) is 0 Å². The van der Waals surface area contributed by atoms with Crippen LogP contribution >= 0.6 is 0 Å². The van der Waals surface area contributed by atoms with Crippen molar-refractivity contribution in [3.63, 3.8) is 0 Å². The van der Waals surface area contributed by atoms with Crippen molar-refractivity contribution in [1.29, 1.82) is 0 Å². The average Bonchev–Trinajstić information content (AvgIpc) is 2.87. The Labute approximate surface area is 221 Å². The summed E-state index contributed by atoms with van der Waals surface area (Å²) in [6, 6.07) is 0. The maximum absolute atomic E-state index is 11.3. The van der Waals surface area contributed by atoms with E-state index in [4.69, 9.17) is 9.47 Å². The number of unbranched alkanes of at least 4 members (excludes halogenated alkanes) is 14. The number of carbonyl (C=O) groups is 1. The van der Waals surface area contributed by atoms with Crippen LogP contribution < -0.4 is 9.47 Å². The molecule has 1 aromatic rings. The average molecular weight is 503 g/mol. The molecular weight excluding hydrogens is 448 g/mol. The van der Waals surface area contributed by atoms with Crippen LogP contribution in [0.2, 0.25) is 0 Å². The largest absolute Gasteiger partial charge is 0.490 e. The first-order chi connectivity index (χ1) is 17.4. The summed E-state index contributed by atoms with van der Waals surface area (Å²) in [4.78, 5) is 11.3. The molecule has 0 saturated carbocycles. The highest BCUT2D eigenvalue weighted by atomic mass is 16.5. The Morgan fingerprint density at radius 3 is 1.83 bits per heavy atom. The van der Waals surface area contributed by atoms with Crippen molar-refractivity contribution in [3.8, 4) is 11.5 Å². The van der Waals surface area contributed by atoms with Gasteiger partial charge in [0.05, 0.1) is 6.10 Å². The van der Waals surface area contributed by atoms with E-state index in [2.05, 4.69) is 13.8 Å². The van der Waals surface area contributed by atoms with Crippen molar-refractivity contribution in [2.24, 2.45) is 0 Å². The molecule has 0 saturated heterocycles. The molecule has 0 aliphatic carbocycles. The fourth-order valence-corrected chi connectivity index (χ4v) is 5.50. The molecule has 4 nitrogen and oxygen atoms in total. The summed E-state index contributed by atoms with van der Waals surface area (Å²) in [6.45, 7) is 9.98. The van der Waals surface area contributed by atoms with Gasteiger partial charge in [0.15, 0.2) is 6.10 Å². The van der Waals surface area contributed by atoms with Gasteiger partial charge in [-0.2, -0.15) is 0 Å². The van der Waals surface area contributed by atoms with Crippen molar-refractivity contribution in [2.45, 2.75) is 162 Å². The van der Waals surface area contributed by atoms with Gasteiger partial charge < -0.3 is 14.6 Å². The zero-order valence-corrected chi connectivity index (χ0v) is 24.1. The monoisotopic (exact) mass is 502 g/mol. The third kappa shape index (κ3) is 9.98. The summed E-state index contributed by atoms with van der Waals surface area (Å²) in [5, 5.41) is 9.25. The molecule has 0 amide bonds. The Kier molecular flexibility index (Phi) is 14.3. The molecule has 2 atom stereocenters. The molecule has 1 unspecified atom stereocenters. The summed E-state index contributed by atoms with van der Waals surface area (Å²) in [5.41, 5.74) is 4.31. The number of hydrogen-bond acceptors (Lipinski definition) is 3. The molecule has 4 heteroatoms. The standard InChI is InChI=1S/C32H54O4/c1-6-7-8-9-10-11-12-13-14-15-16-17-18-19-20-21-28-22-23-29-26(4)30(35-27(5)32(33)34)24(2)25(3)31(29)36-28/h27-28H,6-23H2,1-5H3,(H,33,34)/t27?,28-/m1/s1. The number of carboxylic acid groups (broad SMARTS) is 1. The van der Waals surface area contributed by atoms with Gasteiger partial charge in [0, 0.05) is 5.56 Å². The Balaban J connectivity index is 1.60. The summed E-state index contributed by atoms with van der Waals surface area (Å²) in [6.07, 6.45) is 23.4. The lowest BCUT2D eigenvalue weighted by molar-refractivity contribution is -0.144. The molecule has 0 spiro atoms. The van der Waals surface area contributed by atoms with E-state index in [1.807, 2.05) is 13.8 Å². The number of ether oxygens (including phenoxy) is 2. The third-order valence-electron chi connectivity index (χ3n) is 8.08. The highest BCUT2D eigenvalue weighted by Crippen LogP contribution is 2.42. The van der Waals surface area contributed by atoms with Crippen molar-refractivity contribution in [1.82, 2.24) is 0 Å². The number of rotatable bonds is 19. The Hall–Kier alpha value is -1.71. The first-order valence-corrected chi connectivity index (χ1v) is 15.1. The SMILES string of the molecule is CCCCCCCCCCCCCCCCC[C@@H]1CCc2c(C)c(OC(C)C(=O)O)c(C)c(C)c2O1. The van der Waals surface area contributed by atoms with Crippen LogP contribution in [0.4, 0.5) is 0 Å². The van der Waals surface area contributed by atoms with E-state index in [1.165, 1.54) is 102 Å². The van der Waals surface area contributed by atoms with Crippen LogP contribution in [0.5, 0.6) is 11.5 Å². The zero-order chi connectivity index (χ0) is 26.3. The van der Waals surface area contributed by atoms with Gasteiger partial charge in [-0.05, 0) is 70.1 Å². The summed E-state index contributed by atoms with van der Waals surface area (Å²) < 4.78 is 12.3. The van der Waals surface area contributed by atoms with Crippen LogP contribution in [0, 0.1) is 20.8 Å². The highest BCUT2D eigenvalue weighted by molar-refractivity contribution is 5.72. The number of aliphatic carboxylic acids is 1. The summed E-state index contributed by atoms with van der Waals surface area (Å²) in [5.74, 6) is 0.784. The Morgan fingerprint density at radius 2 is 1.33 bits per heavy atom. The van der Waals surface area contributed by atoms with Crippen LogP contribution in [-0.4, -0.2) is 23.3 Å². The predicted molar refractivity (Wildman–Crippen MR) is 151 cm³/mol. The number of benzene rings is 1.